The van der Waals surface area contributed by atoms with Crippen LogP contribution in [0.25, 0.3) is 10.8 Å². The molecule has 0 saturated heterocycles. The first-order valence-corrected chi connectivity index (χ1v) is 4.69. The lowest BCUT2D eigenvalue weighted by atomic mass is 10.0. The van der Waals surface area contributed by atoms with Crippen LogP contribution in [0.2, 0.25) is 5.02 Å². The van der Waals surface area contributed by atoms with E-state index in [9.17, 15) is 4.79 Å². The van der Waals surface area contributed by atoms with E-state index in [1.165, 1.54) is 0 Å². The Balaban J connectivity index is 2.90. The molecule has 0 atom stereocenters. The minimum Gasteiger partial charge on any atom is -0.478 e. The zero-order valence-electron chi connectivity index (χ0n) is 7.70. The highest BCUT2D eigenvalue weighted by atomic mass is 35.5. The number of halogens is 1. The molecule has 0 radical (unpaired) electrons. The van der Waals surface area contributed by atoms with Gasteiger partial charge in [-0.1, -0.05) is 35.9 Å². The summed E-state index contributed by atoms with van der Waals surface area (Å²) >= 11 is 5.84. The van der Waals surface area contributed by atoms with Crippen molar-refractivity contribution < 1.29 is 9.90 Å². The summed E-state index contributed by atoms with van der Waals surface area (Å²) in [5.41, 5.74) is 5.94. The van der Waals surface area contributed by atoms with Gasteiger partial charge in [-0.25, -0.2) is 4.79 Å². The van der Waals surface area contributed by atoms with Crippen molar-refractivity contribution in [1.82, 2.24) is 0 Å². The van der Waals surface area contributed by atoms with Gasteiger partial charge in [0.2, 0.25) is 0 Å². The van der Waals surface area contributed by atoms with Crippen LogP contribution < -0.4 is 5.73 Å². The van der Waals surface area contributed by atoms with Gasteiger partial charge in [0.25, 0.3) is 0 Å². The van der Waals surface area contributed by atoms with Crippen molar-refractivity contribution in [3.63, 3.8) is 0 Å². The van der Waals surface area contributed by atoms with E-state index in [4.69, 9.17) is 22.4 Å². The molecule has 0 heterocycles. The minimum atomic E-state index is -1.11. The van der Waals surface area contributed by atoms with Gasteiger partial charge in [-0.2, -0.15) is 0 Å². The molecule has 76 valence electrons. The molecule has 2 aromatic carbocycles. The third-order valence-corrected chi connectivity index (χ3v) is 2.55. The maximum absolute atomic E-state index is 10.9. The molecule has 0 aliphatic heterocycles. The zero-order valence-corrected chi connectivity index (χ0v) is 8.45. The first-order valence-electron chi connectivity index (χ1n) is 4.31. The van der Waals surface area contributed by atoms with Crippen LogP contribution in [0.5, 0.6) is 0 Å². The summed E-state index contributed by atoms with van der Waals surface area (Å²) in [7, 11) is 0. The molecule has 0 fully saturated rings. The largest absolute Gasteiger partial charge is 0.478 e. The molecule has 0 saturated carbocycles. The number of carbonyl (C=O) groups is 1. The van der Waals surface area contributed by atoms with E-state index < -0.39 is 5.97 Å². The number of hydrogen-bond donors (Lipinski definition) is 2. The van der Waals surface area contributed by atoms with Gasteiger partial charge in [-0.05, 0) is 11.5 Å². The van der Waals surface area contributed by atoms with E-state index in [-0.39, 0.29) is 16.3 Å². The van der Waals surface area contributed by atoms with Crippen LogP contribution in [-0.4, -0.2) is 11.1 Å². The van der Waals surface area contributed by atoms with Crippen LogP contribution in [-0.2, 0) is 0 Å². The monoisotopic (exact) mass is 221 g/mol. The Morgan fingerprint density at radius 3 is 2.67 bits per heavy atom. The second-order valence-corrected chi connectivity index (χ2v) is 3.58. The highest BCUT2D eigenvalue weighted by Gasteiger charge is 2.15. The van der Waals surface area contributed by atoms with Crippen LogP contribution in [0.3, 0.4) is 0 Å². The van der Waals surface area contributed by atoms with Crippen LogP contribution in [0.4, 0.5) is 5.69 Å². The van der Waals surface area contributed by atoms with Crippen molar-refractivity contribution >= 4 is 34.0 Å². The molecule has 0 aromatic heterocycles. The van der Waals surface area contributed by atoms with Crippen molar-refractivity contribution in [2.24, 2.45) is 0 Å². The molecule has 3 N–H and O–H groups in total. The zero-order chi connectivity index (χ0) is 11.0. The van der Waals surface area contributed by atoms with E-state index >= 15 is 0 Å². The fourth-order valence-corrected chi connectivity index (χ4v) is 1.86. The molecule has 3 nitrogen and oxygen atoms in total. The average Bonchev–Trinajstić information content (AvgIpc) is 2.17. The molecule has 0 aliphatic rings. The smallest absolute Gasteiger partial charge is 0.339 e. The quantitative estimate of drug-likeness (QED) is 0.728. The number of aromatic carboxylic acids is 1. The van der Waals surface area contributed by atoms with E-state index in [0.717, 1.165) is 5.39 Å². The Morgan fingerprint density at radius 1 is 1.33 bits per heavy atom. The predicted octanol–water partition coefficient (Wildman–Crippen LogP) is 2.77. The summed E-state index contributed by atoms with van der Waals surface area (Å²) in [6.07, 6.45) is 0. The van der Waals surface area contributed by atoms with E-state index in [0.29, 0.717) is 5.39 Å². The Kier molecular flexibility index (Phi) is 2.25. The van der Waals surface area contributed by atoms with Gasteiger partial charge in [0.05, 0.1) is 10.7 Å². The topological polar surface area (TPSA) is 63.3 Å². The third kappa shape index (κ3) is 1.51. The van der Waals surface area contributed by atoms with Crippen molar-refractivity contribution in [2.75, 3.05) is 5.73 Å². The van der Waals surface area contributed by atoms with E-state index in [1.54, 1.807) is 18.2 Å². The van der Waals surface area contributed by atoms with Gasteiger partial charge < -0.3 is 10.8 Å². The number of rotatable bonds is 1. The molecule has 2 rings (SSSR count). The number of benzene rings is 2. The first-order chi connectivity index (χ1) is 7.11. The average molecular weight is 222 g/mol. The second kappa shape index (κ2) is 3.44. The SMILES string of the molecule is Nc1c(C(=O)O)c(Cl)cc2ccccc12. The molecule has 0 amide bonds. The lowest BCUT2D eigenvalue weighted by Gasteiger charge is -2.07. The fourth-order valence-electron chi connectivity index (χ4n) is 1.56. The molecule has 2 aromatic rings. The molecule has 15 heavy (non-hydrogen) atoms. The highest BCUT2D eigenvalue weighted by molar-refractivity contribution is 6.35. The van der Waals surface area contributed by atoms with Crippen molar-refractivity contribution in [1.29, 1.82) is 0 Å². The predicted molar refractivity (Wildman–Crippen MR) is 60.3 cm³/mol. The Labute approximate surface area is 91.1 Å². The molecule has 0 spiro atoms. The summed E-state index contributed by atoms with van der Waals surface area (Å²) in [6.45, 7) is 0. The van der Waals surface area contributed by atoms with E-state index in [1.807, 2.05) is 12.1 Å². The van der Waals surface area contributed by atoms with Gasteiger partial charge in [-0.3, -0.25) is 0 Å². The van der Waals surface area contributed by atoms with Crippen LogP contribution in [0.15, 0.2) is 30.3 Å². The number of carboxylic acid groups (broad SMARTS) is 1. The summed E-state index contributed by atoms with van der Waals surface area (Å²) in [5.74, 6) is -1.11. The van der Waals surface area contributed by atoms with Crippen molar-refractivity contribution in [2.45, 2.75) is 0 Å². The Morgan fingerprint density at radius 2 is 2.00 bits per heavy atom. The minimum absolute atomic E-state index is 0.0321. The first kappa shape index (κ1) is 9.80. The molecule has 0 bridgehead atoms. The Hall–Kier alpha value is -1.74. The molecule has 0 unspecified atom stereocenters. The number of nitrogen functional groups attached to an aromatic ring is 1. The van der Waals surface area contributed by atoms with Crippen LogP contribution in [0, 0.1) is 0 Å². The maximum atomic E-state index is 10.9. The number of carboxylic acids is 1. The van der Waals surface area contributed by atoms with Gasteiger partial charge in [0.1, 0.15) is 5.56 Å². The molecule has 0 aliphatic carbocycles. The lowest BCUT2D eigenvalue weighted by Crippen LogP contribution is -2.03. The van der Waals surface area contributed by atoms with Gasteiger partial charge >= 0.3 is 5.97 Å². The lowest BCUT2D eigenvalue weighted by molar-refractivity contribution is 0.0698. The molecular formula is C11H8ClNO2. The number of fused-ring (bicyclic) bond motifs is 1. The second-order valence-electron chi connectivity index (χ2n) is 3.17. The summed E-state index contributed by atoms with van der Waals surface area (Å²) in [6, 6.07) is 8.87. The summed E-state index contributed by atoms with van der Waals surface area (Å²) in [4.78, 5) is 10.9. The van der Waals surface area contributed by atoms with Gasteiger partial charge in [0.15, 0.2) is 0 Å². The summed E-state index contributed by atoms with van der Waals surface area (Å²) < 4.78 is 0. The highest BCUT2D eigenvalue weighted by Crippen LogP contribution is 2.31. The van der Waals surface area contributed by atoms with Crippen LogP contribution in [0.1, 0.15) is 10.4 Å². The van der Waals surface area contributed by atoms with Crippen LogP contribution >= 0.6 is 11.6 Å². The number of nitrogens with two attached hydrogens (primary N) is 1. The summed E-state index contributed by atoms with van der Waals surface area (Å²) in [5, 5.41) is 10.7. The van der Waals surface area contributed by atoms with Crippen molar-refractivity contribution in [3.05, 3.63) is 40.9 Å². The van der Waals surface area contributed by atoms with Gasteiger partial charge in [0, 0.05) is 5.39 Å². The Bertz CT molecular complexity index is 552. The molecule has 4 heteroatoms. The maximum Gasteiger partial charge on any atom is 0.339 e. The third-order valence-electron chi connectivity index (χ3n) is 2.26. The van der Waals surface area contributed by atoms with Crippen molar-refractivity contribution in [3.8, 4) is 0 Å². The number of hydrogen-bond acceptors (Lipinski definition) is 2. The number of anilines is 1. The van der Waals surface area contributed by atoms with E-state index in [2.05, 4.69) is 0 Å². The fraction of sp³-hybridized carbons (Fsp3) is 0. The molecular weight excluding hydrogens is 214 g/mol. The standard InChI is InChI=1S/C11H8ClNO2/c12-8-5-6-3-1-2-4-7(6)10(13)9(8)11(14)15/h1-5H,13H2,(H,14,15). The van der Waals surface area contributed by atoms with Gasteiger partial charge in [-0.15, -0.1) is 0 Å². The normalized spacial score (nSPS) is 10.5.